The lowest BCUT2D eigenvalue weighted by molar-refractivity contribution is 0.123. The van der Waals surface area contributed by atoms with Crippen LogP contribution in [-0.4, -0.2) is 48.2 Å². The van der Waals surface area contributed by atoms with Crippen molar-refractivity contribution in [2.24, 2.45) is 10.9 Å². The van der Waals surface area contributed by atoms with Crippen LogP contribution in [0.5, 0.6) is 0 Å². The van der Waals surface area contributed by atoms with Crippen LogP contribution in [0, 0.1) is 5.92 Å². The van der Waals surface area contributed by atoms with Crippen molar-refractivity contribution < 1.29 is 13.2 Å². The third kappa shape index (κ3) is 10.3. The van der Waals surface area contributed by atoms with Crippen molar-refractivity contribution in [3.05, 3.63) is 35.4 Å². The van der Waals surface area contributed by atoms with Gasteiger partial charge in [-0.15, -0.1) is 24.0 Å². The molecule has 0 heterocycles. The molecule has 154 valence electrons. The number of halogens is 1. The number of hydrogen-bond acceptors (Lipinski definition) is 4. The summed E-state index contributed by atoms with van der Waals surface area (Å²) in [4.78, 5) is 4.20. The van der Waals surface area contributed by atoms with E-state index < -0.39 is 10.0 Å². The molecule has 0 bridgehead atoms. The average Bonchev–Trinajstić information content (AvgIpc) is 3.46. The molecular weight excluding hydrogens is 479 g/mol. The molecule has 1 aliphatic carbocycles. The van der Waals surface area contributed by atoms with Gasteiger partial charge in [0.05, 0.1) is 5.75 Å². The molecule has 3 N–H and O–H groups in total. The van der Waals surface area contributed by atoms with E-state index in [1.807, 2.05) is 24.3 Å². The monoisotopic (exact) mass is 510 g/mol. The molecule has 0 unspecified atom stereocenters. The molecule has 9 heteroatoms. The Morgan fingerprint density at radius 1 is 1.19 bits per heavy atom. The smallest absolute Gasteiger partial charge is 0.215 e. The Hall–Kier alpha value is -0.910. The summed E-state index contributed by atoms with van der Waals surface area (Å²) in [5.74, 6) is 1.54. The highest BCUT2D eigenvalue weighted by Gasteiger charge is 2.20. The molecule has 0 radical (unpaired) electrons. The van der Waals surface area contributed by atoms with Gasteiger partial charge in [0.2, 0.25) is 10.0 Å². The molecular formula is C18H31IN4O3S. The zero-order valence-corrected chi connectivity index (χ0v) is 19.2. The van der Waals surface area contributed by atoms with Crippen molar-refractivity contribution in [2.75, 3.05) is 33.9 Å². The fourth-order valence-corrected chi connectivity index (χ4v) is 3.14. The number of sulfonamides is 1. The van der Waals surface area contributed by atoms with Crippen molar-refractivity contribution >= 4 is 40.0 Å². The van der Waals surface area contributed by atoms with Crippen molar-refractivity contribution in [2.45, 2.75) is 31.6 Å². The molecule has 27 heavy (non-hydrogen) atoms. The molecule has 7 nitrogen and oxygen atoms in total. The summed E-state index contributed by atoms with van der Waals surface area (Å²) in [5, 5.41) is 6.52. The van der Waals surface area contributed by atoms with Gasteiger partial charge in [-0.05, 0) is 43.4 Å². The lowest BCUT2D eigenvalue weighted by Crippen LogP contribution is -2.37. The molecule has 1 aromatic carbocycles. The Labute approximate surface area is 179 Å². The van der Waals surface area contributed by atoms with Gasteiger partial charge in [0.25, 0.3) is 0 Å². The van der Waals surface area contributed by atoms with Crippen LogP contribution in [0.2, 0.25) is 0 Å². The van der Waals surface area contributed by atoms with E-state index >= 15 is 0 Å². The quantitative estimate of drug-likeness (QED) is 0.183. The largest absolute Gasteiger partial charge is 0.381 e. The third-order valence-corrected chi connectivity index (χ3v) is 5.52. The van der Waals surface area contributed by atoms with Crippen molar-refractivity contribution in [1.29, 1.82) is 0 Å². The van der Waals surface area contributed by atoms with Gasteiger partial charge >= 0.3 is 0 Å². The Morgan fingerprint density at radius 2 is 1.85 bits per heavy atom. The Bertz CT molecular complexity index is 676. The molecule has 1 aromatic rings. The summed E-state index contributed by atoms with van der Waals surface area (Å²) in [6.45, 7) is 3.11. The summed E-state index contributed by atoms with van der Waals surface area (Å²) in [7, 11) is -0.0758. The number of ether oxygens (including phenoxy) is 1. The first-order valence-corrected chi connectivity index (χ1v) is 10.7. The highest BCUT2D eigenvalue weighted by molar-refractivity contribution is 14.0. The number of aliphatic imine (C=N–C) groups is 1. The molecule has 0 spiro atoms. The van der Waals surface area contributed by atoms with E-state index in [0.29, 0.717) is 6.54 Å². The maximum atomic E-state index is 11.6. The zero-order chi connectivity index (χ0) is 18.8. The van der Waals surface area contributed by atoms with E-state index in [-0.39, 0.29) is 29.7 Å². The van der Waals surface area contributed by atoms with E-state index in [0.717, 1.165) is 49.2 Å². The van der Waals surface area contributed by atoms with Crippen molar-refractivity contribution in [3.8, 4) is 0 Å². The maximum Gasteiger partial charge on any atom is 0.215 e. The van der Waals surface area contributed by atoms with Crippen LogP contribution in [0.4, 0.5) is 0 Å². The van der Waals surface area contributed by atoms with Gasteiger partial charge in [-0.3, -0.25) is 4.99 Å². The third-order valence-electron chi connectivity index (χ3n) is 4.18. The fourth-order valence-electron chi connectivity index (χ4n) is 2.37. The number of hydrogen-bond donors (Lipinski definition) is 3. The topological polar surface area (TPSA) is 91.8 Å². The highest BCUT2D eigenvalue weighted by Crippen LogP contribution is 2.28. The molecule has 1 fully saturated rings. The van der Waals surface area contributed by atoms with E-state index in [2.05, 4.69) is 20.3 Å². The van der Waals surface area contributed by atoms with Gasteiger partial charge in [-0.25, -0.2) is 13.1 Å². The number of nitrogens with zero attached hydrogens (tertiary/aromatic N) is 1. The van der Waals surface area contributed by atoms with Gasteiger partial charge in [0.1, 0.15) is 0 Å². The number of benzene rings is 1. The Morgan fingerprint density at radius 3 is 2.44 bits per heavy atom. The molecule has 0 atom stereocenters. The number of guanidine groups is 1. The zero-order valence-electron chi connectivity index (χ0n) is 16.0. The molecule has 0 saturated heterocycles. The maximum absolute atomic E-state index is 11.6. The Kier molecular flexibility index (Phi) is 11.2. The minimum atomic E-state index is -3.24. The van der Waals surface area contributed by atoms with E-state index in [1.54, 1.807) is 7.05 Å². The van der Waals surface area contributed by atoms with Crippen LogP contribution in [0.25, 0.3) is 0 Å². The van der Waals surface area contributed by atoms with Crippen LogP contribution in [0.15, 0.2) is 29.3 Å². The van der Waals surface area contributed by atoms with Gasteiger partial charge in [0.15, 0.2) is 5.96 Å². The normalized spacial score (nSPS) is 14.5. The summed E-state index contributed by atoms with van der Waals surface area (Å²) < 4.78 is 31.0. The molecule has 0 amide bonds. The first kappa shape index (κ1) is 24.1. The van der Waals surface area contributed by atoms with Crippen LogP contribution in [-0.2, 0) is 27.1 Å². The summed E-state index contributed by atoms with van der Waals surface area (Å²) in [6, 6.07) is 7.51. The first-order chi connectivity index (χ1) is 12.5. The van der Waals surface area contributed by atoms with Crippen LogP contribution in [0.3, 0.4) is 0 Å². The van der Waals surface area contributed by atoms with Crippen molar-refractivity contribution in [3.63, 3.8) is 0 Å². The second-order valence-corrected chi connectivity index (χ2v) is 8.43. The van der Waals surface area contributed by atoms with E-state index in [4.69, 9.17) is 4.74 Å². The van der Waals surface area contributed by atoms with Gasteiger partial charge in [0, 0.05) is 33.4 Å². The molecule has 0 aliphatic heterocycles. The van der Waals surface area contributed by atoms with E-state index in [1.165, 1.54) is 19.9 Å². The van der Waals surface area contributed by atoms with Gasteiger partial charge in [-0.2, -0.15) is 0 Å². The lowest BCUT2D eigenvalue weighted by Gasteiger charge is -2.12. The standard InChI is InChI=1S/C18H30N4O3S.HI/c1-19-18(21-10-3-11-25-13-16-6-7-16)22-12-15-4-8-17(9-5-15)14-26(23,24)20-2;/h4-5,8-9,16,20H,3,6-7,10-14H2,1-2H3,(H2,19,21,22);1H. The minimum absolute atomic E-state index is 0. The second-order valence-electron chi connectivity index (χ2n) is 6.50. The van der Waals surface area contributed by atoms with Gasteiger partial charge in [-0.1, -0.05) is 24.3 Å². The fraction of sp³-hybridized carbons (Fsp3) is 0.611. The molecule has 0 aromatic heterocycles. The molecule has 1 aliphatic rings. The molecule has 2 rings (SSSR count). The Balaban J connectivity index is 0.00000364. The van der Waals surface area contributed by atoms with Crippen LogP contribution in [0.1, 0.15) is 30.4 Å². The predicted octanol–water partition coefficient (Wildman–Crippen LogP) is 1.84. The summed E-state index contributed by atoms with van der Waals surface area (Å²) in [6.07, 6.45) is 3.59. The minimum Gasteiger partial charge on any atom is -0.381 e. The SMILES string of the molecule is CN=C(NCCCOCC1CC1)NCc1ccc(CS(=O)(=O)NC)cc1.I. The second kappa shape index (κ2) is 12.5. The lowest BCUT2D eigenvalue weighted by atomic mass is 10.1. The first-order valence-electron chi connectivity index (χ1n) is 9.03. The van der Waals surface area contributed by atoms with Gasteiger partial charge < -0.3 is 15.4 Å². The number of rotatable bonds is 11. The van der Waals surface area contributed by atoms with Crippen LogP contribution < -0.4 is 15.4 Å². The average molecular weight is 510 g/mol. The summed E-state index contributed by atoms with van der Waals surface area (Å²) in [5.41, 5.74) is 1.82. The highest BCUT2D eigenvalue weighted by atomic mass is 127. The van der Waals surface area contributed by atoms with Crippen molar-refractivity contribution in [1.82, 2.24) is 15.4 Å². The number of nitrogens with one attached hydrogen (secondary N) is 3. The van der Waals surface area contributed by atoms with Crippen LogP contribution >= 0.6 is 24.0 Å². The predicted molar refractivity (Wildman–Crippen MR) is 120 cm³/mol. The van der Waals surface area contributed by atoms with E-state index in [9.17, 15) is 8.42 Å². The molecule has 1 saturated carbocycles. The summed E-state index contributed by atoms with van der Waals surface area (Å²) >= 11 is 0.